The largest absolute Gasteiger partial charge is 0.314 e. The van der Waals surface area contributed by atoms with Gasteiger partial charge < -0.3 is 5.32 Å². The normalized spacial score (nSPS) is 17.9. The van der Waals surface area contributed by atoms with Crippen molar-refractivity contribution in [2.45, 2.75) is 0 Å². The fourth-order valence-corrected chi connectivity index (χ4v) is 2.98. The fraction of sp³-hybridized carbons (Fsp3) is 0.444. The molecule has 17 heavy (non-hydrogen) atoms. The number of anilines is 1. The summed E-state index contributed by atoms with van der Waals surface area (Å²) in [5.74, 6) is 0. The number of aromatic nitrogens is 1. The highest BCUT2D eigenvalue weighted by Crippen LogP contribution is 2.21. The summed E-state index contributed by atoms with van der Waals surface area (Å²) >= 11 is 5.87. The number of pyridine rings is 1. The molecule has 94 valence electrons. The molecule has 0 spiro atoms. The van der Waals surface area contributed by atoms with E-state index in [1.54, 1.807) is 0 Å². The van der Waals surface area contributed by atoms with Crippen molar-refractivity contribution < 1.29 is 8.42 Å². The Balaban J connectivity index is 2.14. The SMILES string of the molecule is O=S(=O)(Nc1cnccc1Cl)N1CCNCC1. The van der Waals surface area contributed by atoms with Crippen LogP contribution in [-0.4, -0.2) is 43.9 Å². The minimum atomic E-state index is -3.54. The Hall–Kier alpha value is -0.890. The Bertz CT molecular complexity index is 488. The van der Waals surface area contributed by atoms with E-state index in [1.807, 2.05) is 0 Å². The minimum Gasteiger partial charge on any atom is -0.314 e. The van der Waals surface area contributed by atoms with Crippen molar-refractivity contribution in [1.82, 2.24) is 14.6 Å². The van der Waals surface area contributed by atoms with E-state index in [0.717, 1.165) is 0 Å². The molecule has 0 radical (unpaired) electrons. The summed E-state index contributed by atoms with van der Waals surface area (Å²) in [5.41, 5.74) is 0.299. The maximum atomic E-state index is 12.0. The van der Waals surface area contributed by atoms with Gasteiger partial charge in [0.2, 0.25) is 0 Å². The van der Waals surface area contributed by atoms with Crippen LogP contribution in [0.3, 0.4) is 0 Å². The van der Waals surface area contributed by atoms with E-state index < -0.39 is 10.2 Å². The van der Waals surface area contributed by atoms with Crippen molar-refractivity contribution in [2.75, 3.05) is 30.9 Å². The van der Waals surface area contributed by atoms with Crippen molar-refractivity contribution in [3.63, 3.8) is 0 Å². The molecule has 8 heteroatoms. The van der Waals surface area contributed by atoms with E-state index in [1.165, 1.54) is 22.8 Å². The molecule has 0 amide bonds. The first-order chi connectivity index (χ1) is 8.09. The fourth-order valence-electron chi connectivity index (χ4n) is 1.54. The van der Waals surface area contributed by atoms with Gasteiger partial charge in [-0.2, -0.15) is 12.7 Å². The first-order valence-corrected chi connectivity index (χ1v) is 6.99. The van der Waals surface area contributed by atoms with Crippen molar-refractivity contribution in [2.24, 2.45) is 0 Å². The summed E-state index contributed by atoms with van der Waals surface area (Å²) in [6, 6.07) is 1.54. The van der Waals surface area contributed by atoms with Gasteiger partial charge in [-0.3, -0.25) is 9.71 Å². The Morgan fingerprint density at radius 2 is 2.12 bits per heavy atom. The molecule has 2 N–H and O–H groups in total. The average Bonchev–Trinajstić information content (AvgIpc) is 2.33. The number of nitrogens with zero attached hydrogens (tertiary/aromatic N) is 2. The minimum absolute atomic E-state index is 0.299. The highest BCUT2D eigenvalue weighted by Gasteiger charge is 2.24. The summed E-state index contributed by atoms with van der Waals surface area (Å²) in [6.45, 7) is 2.21. The van der Waals surface area contributed by atoms with Gasteiger partial charge >= 0.3 is 10.2 Å². The van der Waals surface area contributed by atoms with Gasteiger partial charge in [0.1, 0.15) is 0 Å². The molecule has 0 aromatic carbocycles. The van der Waals surface area contributed by atoms with E-state index >= 15 is 0 Å². The molecule has 1 aliphatic rings. The molecule has 2 heterocycles. The van der Waals surface area contributed by atoms with Crippen LogP contribution >= 0.6 is 11.6 Å². The van der Waals surface area contributed by atoms with E-state index in [0.29, 0.717) is 36.9 Å². The molecule has 1 aromatic rings. The molecule has 0 unspecified atom stereocenters. The number of nitrogens with one attached hydrogen (secondary N) is 2. The topological polar surface area (TPSA) is 74.3 Å². The number of halogens is 1. The van der Waals surface area contributed by atoms with Gasteiger partial charge in [-0.25, -0.2) is 0 Å². The first-order valence-electron chi connectivity index (χ1n) is 5.18. The molecular formula is C9H13ClN4O2S. The lowest BCUT2D eigenvalue weighted by atomic mass is 10.4. The number of rotatable bonds is 3. The molecule has 0 bridgehead atoms. The molecule has 0 atom stereocenters. The monoisotopic (exact) mass is 276 g/mol. The van der Waals surface area contributed by atoms with Crippen LogP contribution in [0.4, 0.5) is 5.69 Å². The van der Waals surface area contributed by atoms with Crippen LogP contribution in [-0.2, 0) is 10.2 Å². The third-order valence-corrected chi connectivity index (χ3v) is 4.28. The number of hydrogen-bond donors (Lipinski definition) is 2. The molecule has 1 aromatic heterocycles. The van der Waals surface area contributed by atoms with Crippen LogP contribution in [0.1, 0.15) is 0 Å². The Kier molecular flexibility index (Phi) is 3.82. The Labute approximate surface area is 105 Å². The summed E-state index contributed by atoms with van der Waals surface area (Å²) < 4.78 is 27.8. The number of piperazine rings is 1. The predicted molar refractivity (Wildman–Crippen MR) is 66.2 cm³/mol. The second-order valence-electron chi connectivity index (χ2n) is 3.61. The van der Waals surface area contributed by atoms with Gasteiger partial charge in [0, 0.05) is 32.4 Å². The third kappa shape index (κ3) is 3.06. The van der Waals surface area contributed by atoms with Crippen LogP contribution in [0.2, 0.25) is 5.02 Å². The van der Waals surface area contributed by atoms with Crippen molar-refractivity contribution in [3.8, 4) is 0 Å². The molecule has 1 saturated heterocycles. The number of hydrogen-bond acceptors (Lipinski definition) is 4. The molecule has 0 aliphatic carbocycles. The maximum Gasteiger partial charge on any atom is 0.301 e. The molecule has 1 fully saturated rings. The smallest absolute Gasteiger partial charge is 0.301 e. The van der Waals surface area contributed by atoms with Crippen LogP contribution in [0, 0.1) is 0 Å². The van der Waals surface area contributed by atoms with Gasteiger partial charge in [-0.15, -0.1) is 0 Å². The summed E-state index contributed by atoms with van der Waals surface area (Å²) in [6.07, 6.45) is 2.90. The van der Waals surface area contributed by atoms with Crippen molar-refractivity contribution >= 4 is 27.5 Å². The quantitative estimate of drug-likeness (QED) is 0.833. The van der Waals surface area contributed by atoms with Crippen LogP contribution in [0.25, 0.3) is 0 Å². The predicted octanol–water partition coefficient (Wildman–Crippen LogP) is 0.297. The molecule has 0 saturated carbocycles. The van der Waals surface area contributed by atoms with Crippen molar-refractivity contribution in [1.29, 1.82) is 0 Å². The summed E-state index contributed by atoms with van der Waals surface area (Å²) in [4.78, 5) is 3.83. The van der Waals surface area contributed by atoms with Crippen LogP contribution < -0.4 is 10.0 Å². The molecular weight excluding hydrogens is 264 g/mol. The summed E-state index contributed by atoms with van der Waals surface area (Å²) in [7, 11) is -3.54. The van der Waals surface area contributed by atoms with Gasteiger partial charge in [0.15, 0.2) is 0 Å². The molecule has 1 aliphatic heterocycles. The Morgan fingerprint density at radius 1 is 1.41 bits per heavy atom. The van der Waals surface area contributed by atoms with Crippen LogP contribution in [0.5, 0.6) is 0 Å². The maximum absolute atomic E-state index is 12.0. The molecule has 6 nitrogen and oxygen atoms in total. The van der Waals surface area contributed by atoms with E-state index in [4.69, 9.17) is 11.6 Å². The lowest BCUT2D eigenvalue weighted by molar-refractivity contribution is 0.362. The van der Waals surface area contributed by atoms with Gasteiger partial charge in [-0.1, -0.05) is 11.6 Å². The second-order valence-corrected chi connectivity index (χ2v) is 5.69. The van der Waals surface area contributed by atoms with E-state index in [9.17, 15) is 8.42 Å². The summed E-state index contributed by atoms with van der Waals surface area (Å²) in [5, 5.41) is 3.42. The lowest BCUT2D eigenvalue weighted by Crippen LogP contribution is -2.48. The van der Waals surface area contributed by atoms with E-state index in [-0.39, 0.29) is 0 Å². The Morgan fingerprint density at radius 3 is 2.76 bits per heavy atom. The van der Waals surface area contributed by atoms with Crippen molar-refractivity contribution in [3.05, 3.63) is 23.5 Å². The zero-order valence-electron chi connectivity index (χ0n) is 9.06. The highest BCUT2D eigenvalue weighted by molar-refractivity contribution is 7.90. The highest BCUT2D eigenvalue weighted by atomic mass is 35.5. The lowest BCUT2D eigenvalue weighted by Gasteiger charge is -2.26. The zero-order valence-corrected chi connectivity index (χ0v) is 10.6. The van der Waals surface area contributed by atoms with Gasteiger partial charge in [0.25, 0.3) is 0 Å². The second kappa shape index (κ2) is 5.18. The van der Waals surface area contributed by atoms with Crippen LogP contribution in [0.15, 0.2) is 18.5 Å². The molecule has 2 rings (SSSR count). The third-order valence-electron chi connectivity index (χ3n) is 2.42. The van der Waals surface area contributed by atoms with Gasteiger partial charge in [0.05, 0.1) is 16.9 Å². The zero-order chi connectivity index (χ0) is 12.3. The average molecular weight is 277 g/mol. The first kappa shape index (κ1) is 12.6. The van der Waals surface area contributed by atoms with Gasteiger partial charge in [-0.05, 0) is 6.07 Å². The van der Waals surface area contributed by atoms with E-state index in [2.05, 4.69) is 15.0 Å². The standard InChI is InChI=1S/C9H13ClN4O2S/c10-8-1-2-12-7-9(8)13-17(15,16)14-5-3-11-4-6-14/h1-2,7,11,13H,3-6H2.